The minimum Gasteiger partial charge on any atom is -0.359 e. The molecule has 3 rings (SSSR count). The minimum atomic E-state index is 0.678. The maximum absolute atomic E-state index is 5.21. The average Bonchev–Trinajstić information content (AvgIpc) is 2.72. The molecule has 1 aromatic rings. The van der Waals surface area contributed by atoms with Crippen molar-refractivity contribution < 1.29 is 4.52 Å². The van der Waals surface area contributed by atoms with Crippen LogP contribution in [0.4, 0.5) is 0 Å². The van der Waals surface area contributed by atoms with E-state index < -0.39 is 0 Å². The van der Waals surface area contributed by atoms with Crippen molar-refractivity contribution in [2.75, 3.05) is 13.1 Å². The Morgan fingerprint density at radius 3 is 2.87 bits per heavy atom. The van der Waals surface area contributed by atoms with Crippen LogP contribution in [0.3, 0.4) is 0 Å². The average molecular weight is 271 g/mol. The minimum absolute atomic E-state index is 0.678. The lowest BCUT2D eigenvalue weighted by molar-refractivity contribution is 0.134. The third-order valence-corrected chi connectivity index (χ3v) is 4.21. The first-order valence-corrected chi connectivity index (χ1v) is 6.39. The van der Waals surface area contributed by atoms with Gasteiger partial charge < -0.3 is 4.52 Å². The number of likely N-dealkylation sites (tertiary alicyclic amines) is 1. The Hall–Kier alpha value is -0.350. The van der Waals surface area contributed by atoms with Crippen LogP contribution in [-0.2, 0) is 6.54 Å². The van der Waals surface area contributed by atoms with Gasteiger partial charge in [0, 0.05) is 12.6 Å². The normalized spacial score (nSPS) is 24.6. The van der Waals surface area contributed by atoms with Crippen LogP contribution in [0.15, 0.2) is 15.2 Å². The molecule has 1 aromatic heterocycles. The van der Waals surface area contributed by atoms with Gasteiger partial charge in [-0.05, 0) is 47.2 Å². The van der Waals surface area contributed by atoms with Crippen LogP contribution in [-0.4, -0.2) is 23.1 Å². The highest BCUT2D eigenvalue weighted by Crippen LogP contribution is 2.48. The fourth-order valence-electron chi connectivity index (χ4n) is 2.83. The van der Waals surface area contributed by atoms with E-state index in [0.717, 1.165) is 16.9 Å². The van der Waals surface area contributed by atoms with Gasteiger partial charge in [0.1, 0.15) is 4.60 Å². The SMILES string of the molecule is Brc1cc(CN2CCC3(CCC3)C2)on1. The topological polar surface area (TPSA) is 29.3 Å². The van der Waals surface area contributed by atoms with E-state index in [1.165, 1.54) is 38.8 Å². The summed E-state index contributed by atoms with van der Waals surface area (Å²) >= 11 is 3.31. The van der Waals surface area contributed by atoms with Crippen LogP contribution in [0.5, 0.6) is 0 Å². The molecule has 0 aromatic carbocycles. The summed E-state index contributed by atoms with van der Waals surface area (Å²) in [6.07, 6.45) is 5.68. The summed E-state index contributed by atoms with van der Waals surface area (Å²) in [5, 5.41) is 3.84. The zero-order chi connectivity index (χ0) is 10.3. The van der Waals surface area contributed by atoms with Gasteiger partial charge in [0.25, 0.3) is 0 Å². The first-order chi connectivity index (χ1) is 7.26. The highest BCUT2D eigenvalue weighted by molar-refractivity contribution is 9.10. The van der Waals surface area contributed by atoms with Crippen molar-refractivity contribution in [1.29, 1.82) is 0 Å². The third-order valence-electron chi connectivity index (χ3n) is 3.84. The molecule has 0 bridgehead atoms. The van der Waals surface area contributed by atoms with Crippen molar-refractivity contribution in [3.05, 3.63) is 16.4 Å². The lowest BCUT2D eigenvalue weighted by Crippen LogP contribution is -2.32. The van der Waals surface area contributed by atoms with Crippen LogP contribution >= 0.6 is 15.9 Å². The molecule has 1 aliphatic carbocycles. The number of halogens is 1. The van der Waals surface area contributed by atoms with Crippen molar-refractivity contribution >= 4 is 15.9 Å². The van der Waals surface area contributed by atoms with E-state index in [4.69, 9.17) is 4.52 Å². The Balaban J connectivity index is 1.61. The van der Waals surface area contributed by atoms with Gasteiger partial charge in [-0.1, -0.05) is 11.6 Å². The lowest BCUT2D eigenvalue weighted by atomic mass is 9.68. The molecule has 2 heterocycles. The number of rotatable bonds is 2. The van der Waals surface area contributed by atoms with Gasteiger partial charge in [0.05, 0.1) is 6.54 Å². The number of hydrogen-bond acceptors (Lipinski definition) is 3. The van der Waals surface area contributed by atoms with E-state index in [9.17, 15) is 0 Å². The quantitative estimate of drug-likeness (QED) is 0.828. The molecule has 0 atom stereocenters. The molecule has 2 fully saturated rings. The summed E-state index contributed by atoms with van der Waals surface area (Å²) in [5.74, 6) is 0.971. The van der Waals surface area contributed by atoms with Crippen LogP contribution in [0, 0.1) is 5.41 Å². The van der Waals surface area contributed by atoms with Crippen LogP contribution < -0.4 is 0 Å². The fraction of sp³-hybridized carbons (Fsp3) is 0.727. The van der Waals surface area contributed by atoms with E-state index >= 15 is 0 Å². The van der Waals surface area contributed by atoms with Gasteiger partial charge in [0.15, 0.2) is 5.76 Å². The molecule has 0 N–H and O–H groups in total. The smallest absolute Gasteiger partial charge is 0.151 e. The summed E-state index contributed by atoms with van der Waals surface area (Å²) in [4.78, 5) is 2.49. The molecule has 82 valence electrons. The monoisotopic (exact) mass is 270 g/mol. The maximum Gasteiger partial charge on any atom is 0.151 e. The van der Waals surface area contributed by atoms with Gasteiger partial charge in [0.2, 0.25) is 0 Å². The van der Waals surface area contributed by atoms with Gasteiger partial charge >= 0.3 is 0 Å². The van der Waals surface area contributed by atoms with Crippen LogP contribution in [0.25, 0.3) is 0 Å². The van der Waals surface area contributed by atoms with Crippen molar-refractivity contribution in [3.8, 4) is 0 Å². The van der Waals surface area contributed by atoms with Crippen molar-refractivity contribution in [3.63, 3.8) is 0 Å². The molecule has 1 spiro atoms. The summed E-state index contributed by atoms with van der Waals surface area (Å²) < 4.78 is 6.01. The van der Waals surface area contributed by atoms with Crippen molar-refractivity contribution in [2.24, 2.45) is 5.41 Å². The van der Waals surface area contributed by atoms with E-state index in [1.54, 1.807) is 0 Å². The zero-order valence-electron chi connectivity index (χ0n) is 8.71. The standard InChI is InChI=1S/C11H15BrN2O/c12-10-6-9(15-13-10)7-14-5-4-11(8-14)2-1-3-11/h6H,1-5,7-8H2. The Morgan fingerprint density at radius 1 is 1.47 bits per heavy atom. The molecule has 4 heteroatoms. The fourth-order valence-corrected chi connectivity index (χ4v) is 3.16. The summed E-state index contributed by atoms with van der Waals surface area (Å²) in [6.45, 7) is 3.39. The number of hydrogen-bond donors (Lipinski definition) is 0. The molecular formula is C11H15BrN2O. The first kappa shape index (κ1) is 9.85. The molecule has 0 radical (unpaired) electrons. The number of nitrogens with zero attached hydrogens (tertiary/aromatic N) is 2. The summed E-state index contributed by atoms with van der Waals surface area (Å²) in [7, 11) is 0. The highest BCUT2D eigenvalue weighted by Gasteiger charge is 2.42. The molecule has 0 amide bonds. The Kier molecular flexibility index (Phi) is 2.36. The molecule has 2 aliphatic rings. The van der Waals surface area contributed by atoms with E-state index in [-0.39, 0.29) is 0 Å². The predicted molar refractivity (Wildman–Crippen MR) is 60.4 cm³/mol. The van der Waals surface area contributed by atoms with Gasteiger partial charge in [-0.2, -0.15) is 0 Å². The maximum atomic E-state index is 5.21. The Labute approximate surface area is 97.9 Å². The predicted octanol–water partition coefficient (Wildman–Crippen LogP) is 2.81. The second-order valence-corrected chi connectivity index (χ2v) is 5.74. The van der Waals surface area contributed by atoms with Gasteiger partial charge in [-0.15, -0.1) is 0 Å². The number of aromatic nitrogens is 1. The Morgan fingerprint density at radius 2 is 2.33 bits per heavy atom. The second kappa shape index (κ2) is 3.59. The van der Waals surface area contributed by atoms with E-state index in [1.807, 2.05) is 6.07 Å². The zero-order valence-corrected chi connectivity index (χ0v) is 10.3. The van der Waals surface area contributed by atoms with Crippen LogP contribution in [0.1, 0.15) is 31.4 Å². The molecule has 3 nitrogen and oxygen atoms in total. The summed E-state index contributed by atoms with van der Waals surface area (Å²) in [6, 6.07) is 1.96. The molecule has 0 unspecified atom stereocenters. The third kappa shape index (κ3) is 1.85. The first-order valence-electron chi connectivity index (χ1n) is 5.59. The summed E-state index contributed by atoms with van der Waals surface area (Å²) in [5.41, 5.74) is 0.678. The van der Waals surface area contributed by atoms with Gasteiger partial charge in [-0.25, -0.2) is 0 Å². The van der Waals surface area contributed by atoms with Crippen molar-refractivity contribution in [2.45, 2.75) is 32.2 Å². The molecule has 1 saturated heterocycles. The van der Waals surface area contributed by atoms with E-state index in [0.29, 0.717) is 5.41 Å². The highest BCUT2D eigenvalue weighted by atomic mass is 79.9. The largest absolute Gasteiger partial charge is 0.359 e. The second-order valence-electron chi connectivity index (χ2n) is 4.93. The molecular weight excluding hydrogens is 256 g/mol. The van der Waals surface area contributed by atoms with E-state index in [2.05, 4.69) is 26.0 Å². The molecule has 1 aliphatic heterocycles. The van der Waals surface area contributed by atoms with Crippen molar-refractivity contribution in [1.82, 2.24) is 10.1 Å². The van der Waals surface area contributed by atoms with Gasteiger partial charge in [-0.3, -0.25) is 4.90 Å². The van der Waals surface area contributed by atoms with Crippen LogP contribution in [0.2, 0.25) is 0 Å². The molecule has 15 heavy (non-hydrogen) atoms. The lowest BCUT2D eigenvalue weighted by Gasteiger charge is -2.38. The Bertz CT molecular complexity index is 359. The molecule has 1 saturated carbocycles.